The highest BCUT2D eigenvalue weighted by Gasteiger charge is 2.36. The number of nitrogens with one attached hydrogen (secondary N) is 2. The van der Waals surface area contributed by atoms with Crippen molar-refractivity contribution < 1.29 is 18.0 Å². The molecule has 0 bridgehead atoms. The van der Waals surface area contributed by atoms with Gasteiger partial charge in [-0.3, -0.25) is 14.5 Å². The van der Waals surface area contributed by atoms with Crippen molar-refractivity contribution in [1.82, 2.24) is 25.3 Å². The van der Waals surface area contributed by atoms with Crippen LogP contribution in [0, 0.1) is 0 Å². The lowest BCUT2D eigenvalue weighted by molar-refractivity contribution is -0.142. The highest BCUT2D eigenvalue weighted by Crippen LogP contribution is 2.30. The quantitative estimate of drug-likeness (QED) is 0.625. The lowest BCUT2D eigenvalue weighted by Gasteiger charge is -2.31. The zero-order chi connectivity index (χ0) is 17.9. The lowest BCUT2D eigenvalue weighted by Crippen LogP contribution is -2.51. The number of nitrogens with zero attached hydrogens (tertiary/aromatic N) is 4. The van der Waals surface area contributed by atoms with Crippen LogP contribution in [-0.4, -0.2) is 53.2 Å². The number of carbonyl (C=O) groups excluding carboxylic acids is 1. The fourth-order valence-electron chi connectivity index (χ4n) is 2.60. The smallest absolute Gasteiger partial charge is 0.352 e. The number of alkyl halides is 3. The number of aryl methyl sites for hydroxylation is 1. The van der Waals surface area contributed by atoms with Gasteiger partial charge in [0.1, 0.15) is 0 Å². The molecule has 0 saturated carbocycles. The topological polar surface area (TPSA) is 74.5 Å². The van der Waals surface area contributed by atoms with E-state index >= 15 is 0 Å². The molecule has 1 unspecified atom stereocenters. The summed E-state index contributed by atoms with van der Waals surface area (Å²) < 4.78 is 39.9. The summed E-state index contributed by atoms with van der Waals surface area (Å²) in [6.07, 6.45) is -2.08. The van der Waals surface area contributed by atoms with Gasteiger partial charge in [-0.2, -0.15) is 18.3 Å². The largest absolute Gasteiger partial charge is 0.435 e. The Kier molecular flexibility index (Phi) is 5.35. The molecule has 7 nitrogen and oxygen atoms in total. The molecule has 0 radical (unpaired) electrons. The number of hydrogen-bond donors (Lipinski definition) is 2. The maximum atomic E-state index is 12.9. The van der Waals surface area contributed by atoms with Crippen molar-refractivity contribution in [1.29, 1.82) is 0 Å². The number of carbonyl (C=O) groups is 1. The number of halogens is 3. The van der Waals surface area contributed by atoms with Crippen LogP contribution < -0.4 is 10.6 Å². The SMILES string of the molecule is CN=C(NCc1cn(C)nc1C(F)(F)F)NC1CCC(=O)N(C)C1. The first-order valence-corrected chi connectivity index (χ1v) is 7.51. The van der Waals surface area contributed by atoms with Crippen molar-refractivity contribution in [2.45, 2.75) is 31.6 Å². The molecule has 1 aliphatic rings. The van der Waals surface area contributed by atoms with Gasteiger partial charge < -0.3 is 15.5 Å². The van der Waals surface area contributed by atoms with E-state index in [1.807, 2.05) is 0 Å². The van der Waals surface area contributed by atoms with E-state index in [2.05, 4.69) is 20.7 Å². The molecule has 0 aliphatic carbocycles. The van der Waals surface area contributed by atoms with Gasteiger partial charge in [0, 0.05) is 58.5 Å². The van der Waals surface area contributed by atoms with Crippen LogP contribution in [0.4, 0.5) is 13.2 Å². The summed E-state index contributed by atoms with van der Waals surface area (Å²) >= 11 is 0. The van der Waals surface area contributed by atoms with Crippen LogP contribution in [0.5, 0.6) is 0 Å². The first-order chi connectivity index (χ1) is 11.2. The molecule has 0 spiro atoms. The second kappa shape index (κ2) is 7.10. The molecule has 1 saturated heterocycles. The normalized spacial score (nSPS) is 19.6. The third-order valence-corrected chi connectivity index (χ3v) is 3.81. The van der Waals surface area contributed by atoms with Crippen molar-refractivity contribution in [2.24, 2.45) is 12.0 Å². The summed E-state index contributed by atoms with van der Waals surface area (Å²) in [4.78, 5) is 17.1. The third-order valence-electron chi connectivity index (χ3n) is 3.81. The van der Waals surface area contributed by atoms with Crippen molar-refractivity contribution in [2.75, 3.05) is 20.6 Å². The Hall–Kier alpha value is -2.26. The van der Waals surface area contributed by atoms with E-state index in [0.717, 1.165) is 4.68 Å². The molecule has 24 heavy (non-hydrogen) atoms. The van der Waals surface area contributed by atoms with E-state index in [1.165, 1.54) is 13.2 Å². The summed E-state index contributed by atoms with van der Waals surface area (Å²) in [5, 5.41) is 9.46. The van der Waals surface area contributed by atoms with E-state index in [0.29, 0.717) is 25.3 Å². The molecule has 1 amide bonds. The number of rotatable bonds is 3. The lowest BCUT2D eigenvalue weighted by atomic mass is 10.1. The van der Waals surface area contributed by atoms with E-state index in [4.69, 9.17) is 0 Å². The average molecular weight is 346 g/mol. The molecule has 0 aromatic carbocycles. The zero-order valence-corrected chi connectivity index (χ0v) is 13.8. The number of aromatic nitrogens is 2. The Labute approximate surface area is 137 Å². The molecule has 2 N–H and O–H groups in total. The second-order valence-electron chi connectivity index (χ2n) is 5.75. The number of aliphatic imine (C=N–C) groups is 1. The summed E-state index contributed by atoms with van der Waals surface area (Å²) in [5.41, 5.74) is -0.861. The minimum Gasteiger partial charge on any atom is -0.352 e. The molecule has 1 aromatic rings. The fourth-order valence-corrected chi connectivity index (χ4v) is 2.60. The molecule has 10 heteroatoms. The van der Waals surface area contributed by atoms with Crippen molar-refractivity contribution in [3.8, 4) is 0 Å². The van der Waals surface area contributed by atoms with Gasteiger partial charge in [0.25, 0.3) is 0 Å². The standard InChI is InChI=1S/C14H21F3N6O/c1-18-13(20-10-4-5-11(24)22(2)8-10)19-6-9-7-23(3)21-12(9)14(15,16)17/h7,10H,4-6,8H2,1-3H3,(H2,18,19,20). The van der Waals surface area contributed by atoms with Crippen LogP contribution in [-0.2, 0) is 24.6 Å². The fraction of sp³-hybridized carbons (Fsp3) is 0.643. The van der Waals surface area contributed by atoms with Crippen LogP contribution in [0.25, 0.3) is 0 Å². The van der Waals surface area contributed by atoms with E-state index in [1.54, 1.807) is 19.0 Å². The van der Waals surface area contributed by atoms with Gasteiger partial charge >= 0.3 is 6.18 Å². The Morgan fingerprint density at radius 2 is 2.17 bits per heavy atom. The summed E-state index contributed by atoms with van der Waals surface area (Å²) in [7, 11) is 4.71. The van der Waals surface area contributed by atoms with Crippen LogP contribution in [0.15, 0.2) is 11.2 Å². The molecule has 2 heterocycles. The minimum absolute atomic E-state index is 0.00915. The molecule has 134 valence electrons. The van der Waals surface area contributed by atoms with Gasteiger partial charge in [-0.05, 0) is 6.42 Å². The Morgan fingerprint density at radius 1 is 1.46 bits per heavy atom. The molecule has 1 atom stereocenters. The van der Waals surface area contributed by atoms with Gasteiger partial charge in [0.15, 0.2) is 11.7 Å². The highest BCUT2D eigenvalue weighted by molar-refractivity contribution is 5.81. The summed E-state index contributed by atoms with van der Waals surface area (Å²) in [6, 6.07) is 0.00915. The molecule has 1 aromatic heterocycles. The van der Waals surface area contributed by atoms with E-state index < -0.39 is 11.9 Å². The number of piperidine rings is 1. The maximum absolute atomic E-state index is 12.9. The summed E-state index contributed by atoms with van der Waals surface area (Å²) in [5.74, 6) is 0.473. The van der Waals surface area contributed by atoms with Crippen molar-refractivity contribution >= 4 is 11.9 Å². The zero-order valence-electron chi connectivity index (χ0n) is 13.8. The van der Waals surface area contributed by atoms with E-state index in [9.17, 15) is 18.0 Å². The molecular weight excluding hydrogens is 325 g/mol. The van der Waals surface area contributed by atoms with Crippen LogP contribution in [0.3, 0.4) is 0 Å². The van der Waals surface area contributed by atoms with Crippen LogP contribution in [0.1, 0.15) is 24.1 Å². The molecule has 1 aliphatic heterocycles. The second-order valence-corrected chi connectivity index (χ2v) is 5.75. The first-order valence-electron chi connectivity index (χ1n) is 7.51. The van der Waals surface area contributed by atoms with Gasteiger partial charge in [0.2, 0.25) is 5.91 Å². The average Bonchev–Trinajstić information content (AvgIpc) is 2.88. The number of amides is 1. The molecular formula is C14H21F3N6O. The van der Waals surface area contributed by atoms with Gasteiger partial charge in [-0.1, -0.05) is 0 Å². The number of likely N-dealkylation sites (N-methyl/N-ethyl adjacent to an activating group) is 1. The van der Waals surface area contributed by atoms with Gasteiger partial charge in [-0.25, -0.2) is 0 Å². The number of guanidine groups is 1. The molecule has 1 fully saturated rings. The first kappa shape index (κ1) is 18.1. The Morgan fingerprint density at radius 3 is 2.75 bits per heavy atom. The monoisotopic (exact) mass is 346 g/mol. The summed E-state index contributed by atoms with van der Waals surface area (Å²) in [6.45, 7) is 0.476. The minimum atomic E-state index is -4.50. The maximum Gasteiger partial charge on any atom is 0.435 e. The van der Waals surface area contributed by atoms with Gasteiger partial charge in [0.05, 0.1) is 0 Å². The van der Waals surface area contributed by atoms with Crippen LogP contribution in [0.2, 0.25) is 0 Å². The predicted octanol–water partition coefficient (Wildman–Crippen LogP) is 0.725. The predicted molar refractivity (Wildman–Crippen MR) is 82.2 cm³/mol. The van der Waals surface area contributed by atoms with Crippen molar-refractivity contribution in [3.05, 3.63) is 17.5 Å². The highest BCUT2D eigenvalue weighted by atomic mass is 19.4. The van der Waals surface area contributed by atoms with Crippen molar-refractivity contribution in [3.63, 3.8) is 0 Å². The number of likely N-dealkylation sites (tertiary alicyclic amines) is 1. The van der Waals surface area contributed by atoms with Crippen LogP contribution >= 0.6 is 0 Å². The van der Waals surface area contributed by atoms with Gasteiger partial charge in [-0.15, -0.1) is 0 Å². The number of hydrogen-bond acceptors (Lipinski definition) is 3. The Bertz CT molecular complexity index is 625. The Balaban J connectivity index is 1.96. The van der Waals surface area contributed by atoms with E-state index in [-0.39, 0.29) is 24.1 Å². The molecule has 2 rings (SSSR count). The third kappa shape index (κ3) is 4.39.